The van der Waals surface area contributed by atoms with E-state index in [1.54, 1.807) is 12.1 Å². The standard InChI is InChI=1S/C14H12O3/c1-8-6-11-13(16)12(15)9-4-2-3-5-10(9)14(11)17-7-8/h2-5,8H,6-7H2,1H3. The Morgan fingerprint density at radius 2 is 1.82 bits per heavy atom. The van der Waals surface area contributed by atoms with Crippen molar-refractivity contribution in [2.75, 3.05) is 6.61 Å². The van der Waals surface area contributed by atoms with Gasteiger partial charge in [0.2, 0.25) is 11.6 Å². The third-order valence-corrected chi connectivity index (χ3v) is 3.24. The fourth-order valence-electron chi connectivity index (χ4n) is 2.39. The second-order valence-corrected chi connectivity index (χ2v) is 4.63. The van der Waals surface area contributed by atoms with Crippen LogP contribution in [0.2, 0.25) is 0 Å². The highest BCUT2D eigenvalue weighted by Gasteiger charge is 2.36. The van der Waals surface area contributed by atoms with Crippen LogP contribution in [0.15, 0.2) is 29.8 Å². The summed E-state index contributed by atoms with van der Waals surface area (Å²) in [6.07, 6.45) is 0.633. The van der Waals surface area contributed by atoms with Gasteiger partial charge in [0.1, 0.15) is 5.76 Å². The molecule has 0 saturated carbocycles. The maximum Gasteiger partial charge on any atom is 0.234 e. The number of hydrogen-bond donors (Lipinski definition) is 0. The van der Waals surface area contributed by atoms with Crippen LogP contribution in [-0.4, -0.2) is 18.2 Å². The van der Waals surface area contributed by atoms with E-state index in [4.69, 9.17) is 4.74 Å². The molecular formula is C14H12O3. The lowest BCUT2D eigenvalue weighted by atomic mass is 9.83. The van der Waals surface area contributed by atoms with E-state index in [1.807, 2.05) is 19.1 Å². The van der Waals surface area contributed by atoms with Crippen molar-refractivity contribution in [2.45, 2.75) is 13.3 Å². The first-order valence-corrected chi connectivity index (χ1v) is 5.73. The van der Waals surface area contributed by atoms with Gasteiger partial charge < -0.3 is 4.74 Å². The first-order chi connectivity index (χ1) is 8.18. The lowest BCUT2D eigenvalue weighted by Gasteiger charge is -2.28. The maximum atomic E-state index is 12.0. The summed E-state index contributed by atoms with van der Waals surface area (Å²) in [5.74, 6) is 0.0985. The van der Waals surface area contributed by atoms with E-state index in [9.17, 15) is 9.59 Å². The molecule has 1 aliphatic heterocycles. The third kappa shape index (κ3) is 1.42. The molecule has 1 unspecified atom stereocenters. The van der Waals surface area contributed by atoms with Crippen molar-refractivity contribution in [3.05, 3.63) is 41.0 Å². The Morgan fingerprint density at radius 3 is 2.59 bits per heavy atom. The molecule has 86 valence electrons. The second-order valence-electron chi connectivity index (χ2n) is 4.63. The highest BCUT2D eigenvalue weighted by atomic mass is 16.5. The van der Waals surface area contributed by atoms with Crippen LogP contribution in [0.5, 0.6) is 0 Å². The zero-order valence-corrected chi connectivity index (χ0v) is 9.53. The summed E-state index contributed by atoms with van der Waals surface area (Å²) in [6, 6.07) is 7.14. The Balaban J connectivity index is 2.23. The molecule has 1 aromatic rings. The van der Waals surface area contributed by atoms with Crippen molar-refractivity contribution in [3.8, 4) is 0 Å². The highest BCUT2D eigenvalue weighted by Crippen LogP contribution is 2.36. The second kappa shape index (κ2) is 3.55. The summed E-state index contributed by atoms with van der Waals surface area (Å²) in [5, 5.41) is 0. The molecule has 0 radical (unpaired) electrons. The highest BCUT2D eigenvalue weighted by molar-refractivity contribution is 6.52. The Kier molecular flexibility index (Phi) is 2.15. The topological polar surface area (TPSA) is 43.4 Å². The number of hydrogen-bond acceptors (Lipinski definition) is 3. The number of fused-ring (bicyclic) bond motifs is 2. The molecule has 3 rings (SSSR count). The van der Waals surface area contributed by atoms with Gasteiger partial charge in [-0.05, 0) is 12.3 Å². The van der Waals surface area contributed by atoms with Crippen LogP contribution in [0.1, 0.15) is 29.3 Å². The van der Waals surface area contributed by atoms with E-state index in [1.165, 1.54) is 0 Å². The zero-order valence-electron chi connectivity index (χ0n) is 9.53. The van der Waals surface area contributed by atoms with Crippen LogP contribution in [-0.2, 0) is 9.53 Å². The van der Waals surface area contributed by atoms with Crippen LogP contribution in [0, 0.1) is 5.92 Å². The summed E-state index contributed by atoms with van der Waals surface area (Å²) in [4.78, 5) is 23.9. The molecule has 1 aliphatic carbocycles. The monoisotopic (exact) mass is 228 g/mol. The molecule has 0 saturated heterocycles. The van der Waals surface area contributed by atoms with Crippen molar-refractivity contribution in [1.82, 2.24) is 0 Å². The van der Waals surface area contributed by atoms with Gasteiger partial charge in [0, 0.05) is 16.7 Å². The number of benzene rings is 1. The molecule has 3 heteroatoms. The van der Waals surface area contributed by atoms with Crippen molar-refractivity contribution in [2.24, 2.45) is 5.92 Å². The summed E-state index contributed by atoms with van der Waals surface area (Å²) in [5.41, 5.74) is 1.78. The molecule has 2 aliphatic rings. The Labute approximate surface area is 99.1 Å². The van der Waals surface area contributed by atoms with Crippen LogP contribution in [0.3, 0.4) is 0 Å². The fraction of sp³-hybridized carbons (Fsp3) is 0.286. The quantitative estimate of drug-likeness (QED) is 0.639. The van der Waals surface area contributed by atoms with Gasteiger partial charge in [-0.25, -0.2) is 0 Å². The summed E-state index contributed by atoms with van der Waals surface area (Å²) in [6.45, 7) is 2.62. The average molecular weight is 228 g/mol. The van der Waals surface area contributed by atoms with E-state index >= 15 is 0 Å². The van der Waals surface area contributed by atoms with Crippen LogP contribution >= 0.6 is 0 Å². The summed E-state index contributed by atoms with van der Waals surface area (Å²) >= 11 is 0. The molecule has 1 atom stereocenters. The van der Waals surface area contributed by atoms with Gasteiger partial charge in [0.05, 0.1) is 6.61 Å². The molecule has 0 aromatic heterocycles. The number of ether oxygens (including phenoxy) is 1. The molecule has 0 N–H and O–H groups in total. The van der Waals surface area contributed by atoms with Crippen molar-refractivity contribution in [1.29, 1.82) is 0 Å². The molecular weight excluding hydrogens is 216 g/mol. The number of rotatable bonds is 0. The largest absolute Gasteiger partial charge is 0.492 e. The zero-order chi connectivity index (χ0) is 12.0. The van der Waals surface area contributed by atoms with Gasteiger partial charge in [0.25, 0.3) is 0 Å². The number of carbonyl (C=O) groups excluding carboxylic acids is 2. The van der Waals surface area contributed by atoms with Crippen LogP contribution < -0.4 is 0 Å². The lowest BCUT2D eigenvalue weighted by molar-refractivity contribution is -0.112. The molecule has 1 heterocycles. The first kappa shape index (κ1) is 10.3. The minimum atomic E-state index is -0.406. The maximum absolute atomic E-state index is 12.0. The molecule has 17 heavy (non-hydrogen) atoms. The molecule has 0 amide bonds. The van der Waals surface area contributed by atoms with Gasteiger partial charge >= 0.3 is 0 Å². The number of allylic oxidation sites excluding steroid dienone is 1. The Morgan fingerprint density at radius 1 is 1.12 bits per heavy atom. The number of Topliss-reactive ketones (excluding diaryl/α,β-unsaturated/α-hetero) is 2. The van der Waals surface area contributed by atoms with Gasteiger partial charge in [-0.3, -0.25) is 9.59 Å². The number of ketones is 2. The van der Waals surface area contributed by atoms with Gasteiger partial charge in [-0.2, -0.15) is 0 Å². The summed E-state index contributed by atoms with van der Waals surface area (Å²) in [7, 11) is 0. The van der Waals surface area contributed by atoms with E-state index in [0.717, 1.165) is 5.56 Å². The smallest absolute Gasteiger partial charge is 0.234 e. The van der Waals surface area contributed by atoms with Gasteiger partial charge in [-0.15, -0.1) is 0 Å². The van der Waals surface area contributed by atoms with Gasteiger partial charge in [-0.1, -0.05) is 31.2 Å². The predicted octanol–water partition coefficient (Wildman–Crippen LogP) is 2.22. The van der Waals surface area contributed by atoms with E-state index in [0.29, 0.717) is 29.9 Å². The number of carbonyl (C=O) groups is 2. The van der Waals surface area contributed by atoms with Crippen molar-refractivity contribution >= 4 is 17.3 Å². The van der Waals surface area contributed by atoms with Crippen molar-refractivity contribution in [3.63, 3.8) is 0 Å². The van der Waals surface area contributed by atoms with E-state index < -0.39 is 11.6 Å². The molecule has 1 aromatic carbocycles. The molecule has 0 spiro atoms. The van der Waals surface area contributed by atoms with Crippen molar-refractivity contribution < 1.29 is 14.3 Å². The first-order valence-electron chi connectivity index (χ1n) is 5.73. The molecule has 0 fully saturated rings. The normalized spacial score (nSPS) is 23.0. The third-order valence-electron chi connectivity index (χ3n) is 3.24. The lowest BCUT2D eigenvalue weighted by Crippen LogP contribution is -2.29. The molecule has 3 nitrogen and oxygen atoms in total. The SMILES string of the molecule is CC1COC2=C(C1)C(=O)C(=O)c1ccccc12. The molecule has 0 bridgehead atoms. The minimum Gasteiger partial charge on any atom is -0.492 e. The van der Waals surface area contributed by atoms with Crippen LogP contribution in [0.25, 0.3) is 5.76 Å². The van der Waals surface area contributed by atoms with E-state index in [-0.39, 0.29) is 5.92 Å². The van der Waals surface area contributed by atoms with E-state index in [2.05, 4.69) is 0 Å². The van der Waals surface area contributed by atoms with Gasteiger partial charge in [0.15, 0.2) is 0 Å². The average Bonchev–Trinajstić information content (AvgIpc) is 2.36. The summed E-state index contributed by atoms with van der Waals surface area (Å²) < 4.78 is 5.65. The van der Waals surface area contributed by atoms with Crippen LogP contribution in [0.4, 0.5) is 0 Å². The predicted molar refractivity (Wildman–Crippen MR) is 62.4 cm³/mol. The Hall–Kier alpha value is -1.90. The Bertz CT molecular complexity index is 554. The minimum absolute atomic E-state index is 0.288. The fourth-order valence-corrected chi connectivity index (χ4v) is 2.39.